The molecule has 20 heavy (non-hydrogen) atoms. The Morgan fingerprint density at radius 3 is 2.45 bits per heavy atom. The van der Waals surface area contributed by atoms with E-state index in [0.717, 1.165) is 25.8 Å². The average molecular weight is 439 g/mol. The van der Waals surface area contributed by atoms with E-state index in [-0.39, 0.29) is 5.38 Å². The van der Waals surface area contributed by atoms with E-state index in [0.29, 0.717) is 11.6 Å². The van der Waals surface area contributed by atoms with Crippen LogP contribution in [0.2, 0.25) is 5.02 Å². The molecule has 0 radical (unpaired) electrons. The van der Waals surface area contributed by atoms with Crippen molar-refractivity contribution in [1.29, 1.82) is 0 Å². The van der Waals surface area contributed by atoms with Crippen LogP contribution in [0.25, 0.3) is 0 Å². The highest BCUT2D eigenvalue weighted by atomic mass is 79.9. The first-order valence-corrected chi connectivity index (χ1v) is 8.43. The summed E-state index contributed by atoms with van der Waals surface area (Å²) in [4.78, 5) is 0. The summed E-state index contributed by atoms with van der Waals surface area (Å²) in [7, 11) is 0. The highest BCUT2D eigenvalue weighted by molar-refractivity contribution is 9.10. The van der Waals surface area contributed by atoms with Gasteiger partial charge in [-0.3, -0.25) is 0 Å². The minimum Gasteiger partial charge on any atom is -0.493 e. The summed E-state index contributed by atoms with van der Waals surface area (Å²) >= 11 is 19.5. The van der Waals surface area contributed by atoms with Crippen LogP contribution in [0, 0.1) is 0 Å². The molecule has 0 aromatic heterocycles. The van der Waals surface area contributed by atoms with E-state index in [9.17, 15) is 0 Å². The van der Waals surface area contributed by atoms with Crippen molar-refractivity contribution in [3.8, 4) is 5.75 Å². The molecule has 2 rings (SSSR count). The number of rotatable bonds is 4. The molecule has 0 N–H and O–H groups in total. The first-order valence-electron chi connectivity index (χ1n) is 6.03. The molecule has 1 atom stereocenters. The summed E-state index contributed by atoms with van der Waals surface area (Å²) in [6, 6.07) is 11.5. The molecule has 0 bridgehead atoms. The molecule has 2 aromatic rings. The van der Waals surface area contributed by atoms with Crippen molar-refractivity contribution in [2.75, 3.05) is 6.61 Å². The maximum absolute atomic E-state index is 6.54. The SMILES string of the molecule is CCOc1ccc(C(Cl)c2cc(Cl)cc(Br)c2)cc1Br. The van der Waals surface area contributed by atoms with E-state index in [4.69, 9.17) is 27.9 Å². The Bertz CT molecular complexity index is 597. The third kappa shape index (κ3) is 3.91. The van der Waals surface area contributed by atoms with Gasteiger partial charge in [-0.1, -0.05) is 33.6 Å². The van der Waals surface area contributed by atoms with Gasteiger partial charge in [0.05, 0.1) is 16.5 Å². The number of hydrogen-bond donors (Lipinski definition) is 0. The largest absolute Gasteiger partial charge is 0.493 e. The smallest absolute Gasteiger partial charge is 0.133 e. The van der Waals surface area contributed by atoms with E-state index in [2.05, 4.69) is 31.9 Å². The second-order valence-electron chi connectivity index (χ2n) is 4.19. The maximum atomic E-state index is 6.54. The van der Waals surface area contributed by atoms with Gasteiger partial charge in [-0.15, -0.1) is 11.6 Å². The molecule has 106 valence electrons. The van der Waals surface area contributed by atoms with Crippen molar-refractivity contribution in [2.24, 2.45) is 0 Å². The fourth-order valence-electron chi connectivity index (χ4n) is 1.86. The van der Waals surface area contributed by atoms with E-state index >= 15 is 0 Å². The van der Waals surface area contributed by atoms with E-state index in [1.807, 2.05) is 43.3 Å². The van der Waals surface area contributed by atoms with Crippen molar-refractivity contribution in [3.63, 3.8) is 0 Å². The van der Waals surface area contributed by atoms with Gasteiger partial charge in [0.25, 0.3) is 0 Å². The molecule has 0 fully saturated rings. The summed E-state index contributed by atoms with van der Waals surface area (Å²) in [6.45, 7) is 2.58. The van der Waals surface area contributed by atoms with Crippen LogP contribution in [0.5, 0.6) is 5.75 Å². The van der Waals surface area contributed by atoms with Crippen LogP contribution in [0.4, 0.5) is 0 Å². The highest BCUT2D eigenvalue weighted by Crippen LogP contribution is 2.36. The van der Waals surface area contributed by atoms with Gasteiger partial charge in [0.15, 0.2) is 0 Å². The predicted molar refractivity (Wildman–Crippen MR) is 92.2 cm³/mol. The Morgan fingerprint density at radius 1 is 1.10 bits per heavy atom. The van der Waals surface area contributed by atoms with Crippen LogP contribution in [0.3, 0.4) is 0 Å². The summed E-state index contributed by atoms with van der Waals surface area (Å²) < 4.78 is 7.30. The molecular formula is C15H12Br2Cl2O. The van der Waals surface area contributed by atoms with Crippen LogP contribution in [0.1, 0.15) is 23.4 Å². The normalized spacial score (nSPS) is 12.2. The standard InChI is InChI=1S/C15H12Br2Cl2O/c1-2-20-14-4-3-9(7-13(14)17)15(19)10-5-11(16)8-12(18)6-10/h3-8,15H,2H2,1H3. The molecule has 0 spiro atoms. The third-order valence-corrected chi connectivity index (χ3v) is 4.53. The monoisotopic (exact) mass is 436 g/mol. The summed E-state index contributed by atoms with van der Waals surface area (Å²) in [5.41, 5.74) is 1.93. The van der Waals surface area contributed by atoms with Gasteiger partial charge in [0, 0.05) is 9.50 Å². The molecule has 0 aliphatic heterocycles. The first kappa shape index (κ1) is 16.2. The molecular weight excluding hydrogens is 427 g/mol. The fourth-order valence-corrected chi connectivity index (χ4v) is 3.52. The average Bonchev–Trinajstić information content (AvgIpc) is 2.39. The van der Waals surface area contributed by atoms with Gasteiger partial charge >= 0.3 is 0 Å². The van der Waals surface area contributed by atoms with E-state index < -0.39 is 0 Å². The molecule has 0 aliphatic rings. The van der Waals surface area contributed by atoms with Crippen LogP contribution < -0.4 is 4.74 Å². The molecule has 0 saturated heterocycles. The topological polar surface area (TPSA) is 9.23 Å². The molecule has 0 heterocycles. The fraction of sp³-hybridized carbons (Fsp3) is 0.200. The van der Waals surface area contributed by atoms with Gasteiger partial charge in [0.2, 0.25) is 0 Å². The van der Waals surface area contributed by atoms with Crippen LogP contribution in [0.15, 0.2) is 45.3 Å². The van der Waals surface area contributed by atoms with Crippen LogP contribution >= 0.6 is 55.1 Å². The van der Waals surface area contributed by atoms with Crippen LogP contribution in [-0.2, 0) is 0 Å². The lowest BCUT2D eigenvalue weighted by molar-refractivity contribution is 0.338. The molecule has 2 aromatic carbocycles. The molecule has 0 saturated carbocycles. The lowest BCUT2D eigenvalue weighted by Crippen LogP contribution is -1.96. The van der Waals surface area contributed by atoms with Crippen molar-refractivity contribution in [1.82, 2.24) is 0 Å². The zero-order chi connectivity index (χ0) is 14.7. The van der Waals surface area contributed by atoms with Crippen molar-refractivity contribution in [2.45, 2.75) is 12.3 Å². The molecule has 1 unspecified atom stereocenters. The first-order chi connectivity index (χ1) is 9.51. The van der Waals surface area contributed by atoms with E-state index in [1.165, 1.54) is 0 Å². The Labute approximate surface area is 145 Å². The van der Waals surface area contributed by atoms with Crippen molar-refractivity contribution in [3.05, 3.63) is 61.5 Å². The van der Waals surface area contributed by atoms with Gasteiger partial charge in [-0.25, -0.2) is 0 Å². The number of benzene rings is 2. The van der Waals surface area contributed by atoms with Crippen molar-refractivity contribution >= 4 is 55.1 Å². The molecule has 5 heteroatoms. The molecule has 1 nitrogen and oxygen atoms in total. The number of hydrogen-bond acceptors (Lipinski definition) is 1. The zero-order valence-corrected chi connectivity index (χ0v) is 15.4. The number of alkyl halides is 1. The Balaban J connectivity index is 2.33. The summed E-state index contributed by atoms with van der Waals surface area (Å²) in [5.74, 6) is 0.812. The van der Waals surface area contributed by atoms with Crippen molar-refractivity contribution < 1.29 is 4.74 Å². The molecule has 0 aliphatic carbocycles. The van der Waals surface area contributed by atoms with Gasteiger partial charge in [0.1, 0.15) is 5.75 Å². The van der Waals surface area contributed by atoms with Gasteiger partial charge in [-0.05, 0) is 64.3 Å². The van der Waals surface area contributed by atoms with Gasteiger partial charge in [-0.2, -0.15) is 0 Å². The lowest BCUT2D eigenvalue weighted by Gasteiger charge is -2.13. The third-order valence-electron chi connectivity index (χ3n) is 2.73. The second-order valence-corrected chi connectivity index (χ2v) is 6.83. The summed E-state index contributed by atoms with van der Waals surface area (Å²) in [6.07, 6.45) is 0. The summed E-state index contributed by atoms with van der Waals surface area (Å²) in [5, 5.41) is 0.391. The second kappa shape index (κ2) is 7.17. The maximum Gasteiger partial charge on any atom is 0.133 e. The number of ether oxygens (including phenoxy) is 1. The minimum atomic E-state index is -0.267. The Hall–Kier alpha value is -0.220. The Kier molecular flexibility index (Phi) is 5.79. The lowest BCUT2D eigenvalue weighted by atomic mass is 10.0. The Morgan fingerprint density at radius 2 is 1.85 bits per heavy atom. The highest BCUT2D eigenvalue weighted by Gasteiger charge is 2.14. The predicted octanol–water partition coefficient (Wildman–Crippen LogP) is 6.59. The number of halogens is 4. The van der Waals surface area contributed by atoms with Crippen LogP contribution in [-0.4, -0.2) is 6.61 Å². The zero-order valence-electron chi connectivity index (χ0n) is 10.7. The van der Waals surface area contributed by atoms with Gasteiger partial charge < -0.3 is 4.74 Å². The minimum absolute atomic E-state index is 0.267. The van der Waals surface area contributed by atoms with E-state index in [1.54, 1.807) is 0 Å². The quantitative estimate of drug-likeness (QED) is 0.489. The molecule has 0 amide bonds.